The predicted molar refractivity (Wildman–Crippen MR) is 69.6 cm³/mol. The van der Waals surface area contributed by atoms with Crippen molar-refractivity contribution in [1.82, 2.24) is 5.32 Å². The fraction of sp³-hybridized carbons (Fsp3) is 0.571. The zero-order valence-corrected chi connectivity index (χ0v) is 10.5. The molecule has 1 aliphatic carbocycles. The van der Waals surface area contributed by atoms with Gasteiger partial charge in [0.25, 0.3) is 0 Å². The van der Waals surface area contributed by atoms with E-state index in [1.165, 1.54) is 24.8 Å². The van der Waals surface area contributed by atoms with Gasteiger partial charge in [0.1, 0.15) is 0 Å². The summed E-state index contributed by atoms with van der Waals surface area (Å²) in [5.74, 6) is 1.69. The molecule has 0 spiro atoms. The molecule has 2 atom stereocenters. The number of ether oxygens (including phenoxy) is 2. The number of nitrogens with two attached hydrogens (primary N) is 1. The summed E-state index contributed by atoms with van der Waals surface area (Å²) in [6, 6.07) is 6.84. The molecule has 4 nitrogen and oxygen atoms in total. The maximum absolute atomic E-state index is 6.13. The highest BCUT2D eigenvalue weighted by Crippen LogP contribution is 2.32. The van der Waals surface area contributed by atoms with Crippen LogP contribution in [-0.2, 0) is 6.54 Å². The molecule has 1 aromatic carbocycles. The van der Waals surface area contributed by atoms with Crippen molar-refractivity contribution in [2.45, 2.75) is 44.3 Å². The standard InChI is InChI=1S/C14H20N2O2/c15-11-3-1-2-4-12(11)16-8-10-5-6-13-14(7-10)18-9-17-13/h5-7,11-12,16H,1-4,8-9,15H2. The second-order valence-electron chi connectivity index (χ2n) is 5.12. The molecule has 2 unspecified atom stereocenters. The Balaban J connectivity index is 1.59. The van der Waals surface area contributed by atoms with Gasteiger partial charge in [0.2, 0.25) is 6.79 Å². The number of benzene rings is 1. The highest BCUT2D eigenvalue weighted by molar-refractivity contribution is 5.44. The molecule has 1 saturated carbocycles. The summed E-state index contributed by atoms with van der Waals surface area (Å²) in [6.45, 7) is 1.18. The molecule has 3 rings (SSSR count). The van der Waals surface area contributed by atoms with Crippen LogP contribution in [0.4, 0.5) is 0 Å². The smallest absolute Gasteiger partial charge is 0.231 e. The van der Waals surface area contributed by atoms with Crippen LogP contribution in [0.15, 0.2) is 18.2 Å². The molecule has 3 N–H and O–H groups in total. The highest BCUT2D eigenvalue weighted by atomic mass is 16.7. The van der Waals surface area contributed by atoms with Gasteiger partial charge in [-0.1, -0.05) is 18.9 Å². The van der Waals surface area contributed by atoms with E-state index in [0.29, 0.717) is 18.9 Å². The summed E-state index contributed by atoms with van der Waals surface area (Å²) < 4.78 is 10.7. The van der Waals surface area contributed by atoms with E-state index < -0.39 is 0 Å². The maximum Gasteiger partial charge on any atom is 0.231 e. The van der Waals surface area contributed by atoms with E-state index in [2.05, 4.69) is 11.4 Å². The van der Waals surface area contributed by atoms with Crippen LogP contribution in [0.1, 0.15) is 31.2 Å². The van der Waals surface area contributed by atoms with Crippen LogP contribution in [0, 0.1) is 0 Å². The van der Waals surface area contributed by atoms with Gasteiger partial charge < -0.3 is 20.5 Å². The molecular formula is C14H20N2O2. The van der Waals surface area contributed by atoms with E-state index in [9.17, 15) is 0 Å². The Labute approximate surface area is 107 Å². The third-order valence-electron chi connectivity index (χ3n) is 3.82. The zero-order chi connectivity index (χ0) is 12.4. The lowest BCUT2D eigenvalue weighted by Gasteiger charge is -2.29. The molecule has 18 heavy (non-hydrogen) atoms. The molecule has 0 bridgehead atoms. The summed E-state index contributed by atoms with van der Waals surface area (Å²) in [5, 5.41) is 3.56. The third-order valence-corrected chi connectivity index (χ3v) is 3.82. The first-order valence-electron chi connectivity index (χ1n) is 6.70. The molecule has 0 radical (unpaired) electrons. The molecule has 2 aliphatic rings. The first-order valence-corrected chi connectivity index (χ1v) is 6.70. The van der Waals surface area contributed by atoms with Gasteiger partial charge in [-0.25, -0.2) is 0 Å². The zero-order valence-electron chi connectivity index (χ0n) is 10.5. The predicted octanol–water partition coefficient (Wildman–Crippen LogP) is 1.77. The normalized spacial score (nSPS) is 26.3. The highest BCUT2D eigenvalue weighted by Gasteiger charge is 2.21. The minimum atomic E-state index is 0.299. The molecule has 4 heteroatoms. The Hall–Kier alpha value is -1.26. The van der Waals surface area contributed by atoms with E-state index in [1.54, 1.807) is 0 Å². The molecule has 1 aliphatic heterocycles. The molecule has 1 heterocycles. The average molecular weight is 248 g/mol. The fourth-order valence-corrected chi connectivity index (χ4v) is 2.71. The lowest BCUT2D eigenvalue weighted by molar-refractivity contribution is 0.174. The molecule has 0 amide bonds. The maximum atomic E-state index is 6.13. The summed E-state index contributed by atoms with van der Waals surface area (Å²) >= 11 is 0. The van der Waals surface area contributed by atoms with Gasteiger partial charge in [-0.2, -0.15) is 0 Å². The molecular weight excluding hydrogens is 228 g/mol. The summed E-state index contributed by atoms with van der Waals surface area (Å²) in [5.41, 5.74) is 7.35. The minimum Gasteiger partial charge on any atom is -0.454 e. The van der Waals surface area contributed by atoms with Crippen molar-refractivity contribution in [2.24, 2.45) is 5.73 Å². The van der Waals surface area contributed by atoms with Crippen molar-refractivity contribution in [1.29, 1.82) is 0 Å². The van der Waals surface area contributed by atoms with Crippen LogP contribution in [0.25, 0.3) is 0 Å². The van der Waals surface area contributed by atoms with Gasteiger partial charge in [0, 0.05) is 18.6 Å². The average Bonchev–Trinajstić information content (AvgIpc) is 2.85. The van der Waals surface area contributed by atoms with E-state index in [1.807, 2.05) is 12.1 Å². The third kappa shape index (κ3) is 2.44. The Kier molecular flexibility index (Phi) is 3.39. The molecule has 1 fully saturated rings. The van der Waals surface area contributed by atoms with Crippen LogP contribution in [0.3, 0.4) is 0 Å². The van der Waals surface area contributed by atoms with E-state index >= 15 is 0 Å². The van der Waals surface area contributed by atoms with Gasteiger partial charge in [-0.05, 0) is 30.5 Å². The topological polar surface area (TPSA) is 56.5 Å². The van der Waals surface area contributed by atoms with E-state index in [-0.39, 0.29) is 0 Å². The van der Waals surface area contributed by atoms with Crippen LogP contribution >= 0.6 is 0 Å². The quantitative estimate of drug-likeness (QED) is 0.856. The van der Waals surface area contributed by atoms with Gasteiger partial charge in [-0.3, -0.25) is 0 Å². The first kappa shape index (κ1) is 11.8. The van der Waals surface area contributed by atoms with E-state index in [0.717, 1.165) is 24.5 Å². The van der Waals surface area contributed by atoms with Crippen LogP contribution in [-0.4, -0.2) is 18.9 Å². The van der Waals surface area contributed by atoms with Gasteiger partial charge in [0.15, 0.2) is 11.5 Å². The van der Waals surface area contributed by atoms with Crippen LogP contribution < -0.4 is 20.5 Å². The minimum absolute atomic E-state index is 0.299. The lowest BCUT2D eigenvalue weighted by atomic mass is 9.91. The van der Waals surface area contributed by atoms with Crippen molar-refractivity contribution in [2.75, 3.05) is 6.79 Å². The summed E-state index contributed by atoms with van der Waals surface area (Å²) in [7, 11) is 0. The van der Waals surface area contributed by atoms with Crippen molar-refractivity contribution < 1.29 is 9.47 Å². The number of hydrogen-bond donors (Lipinski definition) is 2. The Morgan fingerprint density at radius 2 is 2.00 bits per heavy atom. The second kappa shape index (κ2) is 5.16. The second-order valence-corrected chi connectivity index (χ2v) is 5.12. The number of nitrogens with one attached hydrogen (secondary N) is 1. The SMILES string of the molecule is NC1CCCCC1NCc1ccc2c(c1)OCO2. The van der Waals surface area contributed by atoms with Gasteiger partial charge >= 0.3 is 0 Å². The van der Waals surface area contributed by atoms with Crippen LogP contribution in [0.2, 0.25) is 0 Å². The Morgan fingerprint density at radius 1 is 1.17 bits per heavy atom. The largest absolute Gasteiger partial charge is 0.454 e. The number of fused-ring (bicyclic) bond motifs is 1. The first-order chi connectivity index (χ1) is 8.83. The monoisotopic (exact) mass is 248 g/mol. The molecule has 0 saturated heterocycles. The molecule has 98 valence electrons. The summed E-state index contributed by atoms with van der Waals surface area (Å²) in [6.07, 6.45) is 4.88. The van der Waals surface area contributed by atoms with Gasteiger partial charge in [-0.15, -0.1) is 0 Å². The fourth-order valence-electron chi connectivity index (χ4n) is 2.71. The van der Waals surface area contributed by atoms with E-state index in [4.69, 9.17) is 15.2 Å². The molecule has 0 aromatic heterocycles. The van der Waals surface area contributed by atoms with Gasteiger partial charge in [0.05, 0.1) is 0 Å². The van der Waals surface area contributed by atoms with Crippen molar-refractivity contribution >= 4 is 0 Å². The molecule has 1 aromatic rings. The lowest BCUT2D eigenvalue weighted by Crippen LogP contribution is -2.46. The Bertz CT molecular complexity index is 422. The number of hydrogen-bond acceptors (Lipinski definition) is 4. The van der Waals surface area contributed by atoms with Crippen molar-refractivity contribution in [3.63, 3.8) is 0 Å². The summed E-state index contributed by atoms with van der Waals surface area (Å²) in [4.78, 5) is 0. The Morgan fingerprint density at radius 3 is 2.89 bits per heavy atom. The van der Waals surface area contributed by atoms with Crippen molar-refractivity contribution in [3.8, 4) is 11.5 Å². The number of rotatable bonds is 3. The van der Waals surface area contributed by atoms with Crippen molar-refractivity contribution in [3.05, 3.63) is 23.8 Å². The van der Waals surface area contributed by atoms with Crippen LogP contribution in [0.5, 0.6) is 11.5 Å².